The van der Waals surface area contributed by atoms with Gasteiger partial charge in [-0.25, -0.2) is 0 Å². The molecule has 0 aliphatic rings. The molecule has 0 N–H and O–H groups in total. The Morgan fingerprint density at radius 1 is 1.23 bits per heavy atom. The minimum absolute atomic E-state index is 0.234. The number of methoxy groups -OCH3 is 1. The standard InChI is InChI=1S/C11H17OS/c1-4-10-5-7-11(8-6-10)13(3)9-12-2/h5-8H,4,9H2,1-3H3/q+1. The number of hydrogen-bond acceptors (Lipinski definition) is 1. The van der Waals surface area contributed by atoms with Gasteiger partial charge in [-0.15, -0.1) is 0 Å². The van der Waals surface area contributed by atoms with Gasteiger partial charge in [-0.2, -0.15) is 0 Å². The van der Waals surface area contributed by atoms with E-state index in [1.807, 2.05) is 0 Å². The zero-order valence-corrected chi connectivity index (χ0v) is 9.36. The molecule has 0 aliphatic carbocycles. The SMILES string of the molecule is CCc1ccc([S+](C)COC)cc1. The van der Waals surface area contributed by atoms with E-state index in [2.05, 4.69) is 37.4 Å². The molecule has 0 radical (unpaired) electrons. The smallest absolute Gasteiger partial charge is 0.212 e. The molecule has 0 heterocycles. The first-order valence-corrected chi connectivity index (χ1v) is 6.28. The van der Waals surface area contributed by atoms with Crippen LogP contribution in [0.15, 0.2) is 29.2 Å². The van der Waals surface area contributed by atoms with Crippen LogP contribution in [-0.4, -0.2) is 19.3 Å². The maximum absolute atomic E-state index is 5.13. The van der Waals surface area contributed by atoms with Crippen LogP contribution >= 0.6 is 0 Å². The third kappa shape index (κ3) is 3.05. The average Bonchev–Trinajstić information content (AvgIpc) is 2.18. The van der Waals surface area contributed by atoms with Crippen LogP contribution in [0.3, 0.4) is 0 Å². The molecular formula is C11H17OS+. The van der Waals surface area contributed by atoms with Crippen LogP contribution in [0.5, 0.6) is 0 Å². The van der Waals surface area contributed by atoms with Crippen molar-refractivity contribution in [3.8, 4) is 0 Å². The van der Waals surface area contributed by atoms with Crippen LogP contribution in [0.4, 0.5) is 0 Å². The summed E-state index contributed by atoms with van der Waals surface area (Å²) < 4.78 is 5.13. The Balaban J connectivity index is 2.67. The van der Waals surface area contributed by atoms with Gasteiger partial charge in [-0.3, -0.25) is 0 Å². The predicted molar refractivity (Wildman–Crippen MR) is 59.3 cm³/mol. The van der Waals surface area contributed by atoms with Crippen LogP contribution in [0.1, 0.15) is 12.5 Å². The van der Waals surface area contributed by atoms with Crippen molar-refractivity contribution in [2.45, 2.75) is 18.2 Å². The molecule has 0 saturated heterocycles. The summed E-state index contributed by atoms with van der Waals surface area (Å²) in [5.74, 6) is 0.825. The van der Waals surface area contributed by atoms with Gasteiger partial charge < -0.3 is 4.74 Å². The summed E-state index contributed by atoms with van der Waals surface area (Å²) in [5.41, 5.74) is 1.40. The minimum atomic E-state index is 0.234. The molecule has 1 unspecified atom stereocenters. The third-order valence-corrected chi connectivity index (χ3v) is 3.69. The average molecular weight is 197 g/mol. The molecule has 0 saturated carbocycles. The maximum Gasteiger partial charge on any atom is 0.212 e. The van der Waals surface area contributed by atoms with Gasteiger partial charge in [0.05, 0.1) is 0 Å². The van der Waals surface area contributed by atoms with Crippen molar-refractivity contribution in [1.82, 2.24) is 0 Å². The Morgan fingerprint density at radius 2 is 1.85 bits per heavy atom. The van der Waals surface area contributed by atoms with E-state index in [0.717, 1.165) is 12.4 Å². The molecule has 13 heavy (non-hydrogen) atoms. The fourth-order valence-corrected chi connectivity index (χ4v) is 2.29. The second-order valence-corrected chi connectivity index (χ2v) is 5.02. The van der Waals surface area contributed by atoms with Crippen molar-refractivity contribution >= 4 is 10.9 Å². The van der Waals surface area contributed by atoms with Crippen molar-refractivity contribution in [1.29, 1.82) is 0 Å². The van der Waals surface area contributed by atoms with E-state index in [9.17, 15) is 0 Å². The maximum atomic E-state index is 5.13. The van der Waals surface area contributed by atoms with Crippen LogP contribution in [-0.2, 0) is 22.1 Å². The molecule has 0 amide bonds. The van der Waals surface area contributed by atoms with Crippen molar-refractivity contribution in [3.05, 3.63) is 29.8 Å². The number of benzene rings is 1. The van der Waals surface area contributed by atoms with Gasteiger partial charge in [0.1, 0.15) is 6.26 Å². The van der Waals surface area contributed by atoms with Gasteiger partial charge >= 0.3 is 0 Å². The Hall–Kier alpha value is -0.470. The van der Waals surface area contributed by atoms with Gasteiger partial charge in [0, 0.05) is 18.0 Å². The predicted octanol–water partition coefficient (Wildman–Crippen LogP) is 2.46. The van der Waals surface area contributed by atoms with Crippen LogP contribution < -0.4 is 0 Å². The molecule has 0 fully saturated rings. The Bertz CT molecular complexity index is 243. The lowest BCUT2D eigenvalue weighted by atomic mass is 10.2. The van der Waals surface area contributed by atoms with Crippen molar-refractivity contribution in [3.63, 3.8) is 0 Å². The highest BCUT2D eigenvalue weighted by atomic mass is 32.2. The molecule has 1 rings (SSSR count). The fraction of sp³-hybridized carbons (Fsp3) is 0.455. The van der Waals surface area contributed by atoms with Gasteiger partial charge in [0.15, 0.2) is 4.90 Å². The summed E-state index contributed by atoms with van der Waals surface area (Å²) in [5, 5.41) is 0. The second-order valence-electron chi connectivity index (χ2n) is 3.04. The number of aryl methyl sites for hydroxylation is 1. The van der Waals surface area contributed by atoms with Crippen molar-refractivity contribution in [2.75, 3.05) is 19.3 Å². The highest BCUT2D eigenvalue weighted by Crippen LogP contribution is 2.13. The van der Waals surface area contributed by atoms with Gasteiger partial charge in [-0.1, -0.05) is 19.1 Å². The molecule has 0 spiro atoms. The summed E-state index contributed by atoms with van der Waals surface area (Å²) >= 11 is 0. The lowest BCUT2D eigenvalue weighted by Gasteiger charge is -2.02. The van der Waals surface area contributed by atoms with Gasteiger partial charge in [0.25, 0.3) is 0 Å². The second kappa shape index (κ2) is 5.30. The highest BCUT2D eigenvalue weighted by molar-refractivity contribution is 7.96. The van der Waals surface area contributed by atoms with Crippen LogP contribution in [0.2, 0.25) is 0 Å². The monoisotopic (exact) mass is 197 g/mol. The van der Waals surface area contributed by atoms with E-state index < -0.39 is 0 Å². The molecule has 1 aromatic carbocycles. The third-order valence-electron chi connectivity index (χ3n) is 2.03. The van der Waals surface area contributed by atoms with Crippen LogP contribution in [0, 0.1) is 0 Å². The Morgan fingerprint density at radius 3 is 2.31 bits per heavy atom. The minimum Gasteiger partial charge on any atom is -0.339 e. The number of rotatable bonds is 4. The quantitative estimate of drug-likeness (QED) is 0.674. The summed E-state index contributed by atoms with van der Waals surface area (Å²) in [6.45, 7) is 2.18. The summed E-state index contributed by atoms with van der Waals surface area (Å²) in [6, 6.07) is 8.82. The molecule has 1 atom stereocenters. The first kappa shape index (κ1) is 10.6. The first-order valence-electron chi connectivity index (χ1n) is 4.48. The molecule has 72 valence electrons. The number of hydrogen-bond donors (Lipinski definition) is 0. The van der Waals surface area contributed by atoms with Crippen LogP contribution in [0.25, 0.3) is 0 Å². The van der Waals surface area contributed by atoms with Gasteiger partial charge in [0.2, 0.25) is 5.94 Å². The van der Waals surface area contributed by atoms with E-state index in [1.165, 1.54) is 10.5 Å². The first-order chi connectivity index (χ1) is 6.27. The zero-order chi connectivity index (χ0) is 9.68. The molecule has 1 aromatic rings. The Labute approximate surface area is 83.5 Å². The normalized spacial score (nSPS) is 12.8. The summed E-state index contributed by atoms with van der Waals surface area (Å²) in [4.78, 5) is 1.39. The molecule has 2 heteroatoms. The van der Waals surface area contributed by atoms with Crippen molar-refractivity contribution in [2.24, 2.45) is 0 Å². The van der Waals surface area contributed by atoms with E-state index in [4.69, 9.17) is 4.74 Å². The molecular weight excluding hydrogens is 180 g/mol. The fourth-order valence-electron chi connectivity index (χ4n) is 1.20. The zero-order valence-electron chi connectivity index (χ0n) is 8.54. The van der Waals surface area contributed by atoms with E-state index in [0.29, 0.717) is 0 Å². The highest BCUT2D eigenvalue weighted by Gasteiger charge is 2.13. The largest absolute Gasteiger partial charge is 0.339 e. The van der Waals surface area contributed by atoms with E-state index in [1.54, 1.807) is 7.11 Å². The number of ether oxygens (including phenoxy) is 1. The lowest BCUT2D eigenvalue weighted by molar-refractivity contribution is 0.257. The Kier molecular flexibility index (Phi) is 4.33. The molecule has 1 nitrogen and oxygen atoms in total. The van der Waals surface area contributed by atoms with E-state index >= 15 is 0 Å². The van der Waals surface area contributed by atoms with E-state index in [-0.39, 0.29) is 10.9 Å². The van der Waals surface area contributed by atoms with Gasteiger partial charge in [-0.05, 0) is 24.1 Å². The topological polar surface area (TPSA) is 9.23 Å². The van der Waals surface area contributed by atoms with Crippen molar-refractivity contribution < 1.29 is 4.74 Å². The molecule has 0 aromatic heterocycles. The molecule has 0 aliphatic heterocycles. The lowest BCUT2D eigenvalue weighted by Crippen LogP contribution is -2.06. The summed E-state index contributed by atoms with van der Waals surface area (Å²) in [7, 11) is 1.99. The summed E-state index contributed by atoms with van der Waals surface area (Å²) in [6.07, 6.45) is 3.33. The molecule has 0 bridgehead atoms.